The van der Waals surface area contributed by atoms with Crippen LogP contribution in [0.2, 0.25) is 0 Å². The minimum absolute atomic E-state index is 0.183. The number of carbonyl (C=O) groups is 1. The Labute approximate surface area is 178 Å². The maximum atomic E-state index is 12.6. The van der Waals surface area contributed by atoms with Gasteiger partial charge in [-0.1, -0.05) is 12.8 Å². The largest absolute Gasteiger partial charge is 0.434 e. The van der Waals surface area contributed by atoms with Crippen molar-refractivity contribution < 1.29 is 18.0 Å². The van der Waals surface area contributed by atoms with E-state index in [1.165, 1.54) is 12.8 Å². The number of piperazine rings is 1. The first-order valence-electron chi connectivity index (χ1n) is 10.3. The molecular weight excluding hydrogens is 417 g/mol. The summed E-state index contributed by atoms with van der Waals surface area (Å²) in [5.41, 5.74) is -0.863. The lowest BCUT2D eigenvalue weighted by Gasteiger charge is -2.36. The molecule has 1 aromatic rings. The maximum absolute atomic E-state index is 12.6. The molecule has 0 atom stereocenters. The number of alkyl halides is 3. The first-order valence-corrected chi connectivity index (χ1v) is 11.2. The van der Waals surface area contributed by atoms with Gasteiger partial charge in [0.2, 0.25) is 5.91 Å². The Morgan fingerprint density at radius 1 is 1.23 bits per heavy atom. The van der Waals surface area contributed by atoms with Crippen molar-refractivity contribution >= 4 is 23.2 Å². The molecule has 1 saturated carbocycles. The lowest BCUT2D eigenvalue weighted by Crippen LogP contribution is -2.51. The van der Waals surface area contributed by atoms with Crippen LogP contribution in [0, 0.1) is 5.92 Å². The second-order valence-electron chi connectivity index (χ2n) is 7.63. The van der Waals surface area contributed by atoms with Gasteiger partial charge in [-0.25, -0.2) is 4.98 Å². The van der Waals surface area contributed by atoms with Gasteiger partial charge in [0.1, 0.15) is 5.01 Å². The SMILES string of the molecule is CN=C(NCCN1CCN(C(=O)C2CCCC2)CC1)NCc1nc(C(F)(F)F)cs1. The number of carbonyl (C=O) groups excluding carboxylic acids is 1. The fraction of sp³-hybridized carbons (Fsp3) is 0.737. The molecule has 2 fully saturated rings. The van der Waals surface area contributed by atoms with E-state index in [2.05, 4.69) is 25.5 Å². The predicted molar refractivity (Wildman–Crippen MR) is 110 cm³/mol. The first-order chi connectivity index (χ1) is 14.4. The van der Waals surface area contributed by atoms with Crippen LogP contribution >= 0.6 is 11.3 Å². The van der Waals surface area contributed by atoms with Crippen molar-refractivity contribution in [3.8, 4) is 0 Å². The molecule has 0 unspecified atom stereocenters. The van der Waals surface area contributed by atoms with E-state index < -0.39 is 11.9 Å². The number of thiazole rings is 1. The van der Waals surface area contributed by atoms with Crippen LogP contribution in [-0.2, 0) is 17.5 Å². The lowest BCUT2D eigenvalue weighted by atomic mass is 10.1. The highest BCUT2D eigenvalue weighted by molar-refractivity contribution is 7.09. The van der Waals surface area contributed by atoms with Gasteiger partial charge >= 0.3 is 6.18 Å². The number of amides is 1. The van der Waals surface area contributed by atoms with Gasteiger partial charge in [0, 0.05) is 57.6 Å². The third kappa shape index (κ3) is 6.31. The molecule has 1 aromatic heterocycles. The fourth-order valence-corrected chi connectivity index (χ4v) is 4.60. The van der Waals surface area contributed by atoms with Gasteiger partial charge in [0.25, 0.3) is 0 Å². The van der Waals surface area contributed by atoms with E-state index in [4.69, 9.17) is 0 Å². The van der Waals surface area contributed by atoms with E-state index in [0.29, 0.717) is 23.4 Å². The average Bonchev–Trinajstić information content (AvgIpc) is 3.42. The summed E-state index contributed by atoms with van der Waals surface area (Å²) in [6.07, 6.45) is -0.00547. The molecule has 1 saturated heterocycles. The van der Waals surface area contributed by atoms with E-state index in [-0.39, 0.29) is 12.5 Å². The Balaban J connectivity index is 1.33. The van der Waals surface area contributed by atoms with Gasteiger partial charge in [0.15, 0.2) is 11.7 Å². The summed E-state index contributed by atoms with van der Waals surface area (Å²) in [6.45, 7) is 4.89. The summed E-state index contributed by atoms with van der Waals surface area (Å²) in [6, 6.07) is 0. The summed E-state index contributed by atoms with van der Waals surface area (Å²) in [7, 11) is 1.62. The molecular formula is C19H29F3N6OS. The number of hydrogen-bond donors (Lipinski definition) is 2. The van der Waals surface area contributed by atoms with Gasteiger partial charge < -0.3 is 15.5 Å². The predicted octanol–water partition coefficient (Wildman–Crippen LogP) is 2.16. The molecule has 2 aliphatic rings. The molecule has 1 amide bonds. The third-order valence-electron chi connectivity index (χ3n) is 5.58. The van der Waals surface area contributed by atoms with Crippen molar-refractivity contribution in [2.24, 2.45) is 10.9 Å². The highest BCUT2D eigenvalue weighted by atomic mass is 32.1. The number of aliphatic imine (C=N–C) groups is 1. The maximum Gasteiger partial charge on any atom is 0.434 e. The van der Waals surface area contributed by atoms with Crippen molar-refractivity contribution in [3.63, 3.8) is 0 Å². The Morgan fingerprint density at radius 2 is 1.93 bits per heavy atom. The number of rotatable bonds is 6. The highest BCUT2D eigenvalue weighted by Gasteiger charge is 2.33. The number of guanidine groups is 1. The molecule has 1 aliphatic heterocycles. The number of hydrogen-bond acceptors (Lipinski definition) is 5. The molecule has 0 bridgehead atoms. The molecule has 2 heterocycles. The van der Waals surface area contributed by atoms with Crippen molar-refractivity contribution in [3.05, 3.63) is 16.1 Å². The topological polar surface area (TPSA) is 72.9 Å². The number of nitrogens with one attached hydrogen (secondary N) is 2. The van der Waals surface area contributed by atoms with Crippen LogP contribution in [0.4, 0.5) is 13.2 Å². The summed E-state index contributed by atoms with van der Waals surface area (Å²) in [4.78, 5) is 24.5. The van der Waals surface area contributed by atoms with Gasteiger partial charge in [-0.3, -0.25) is 14.7 Å². The van der Waals surface area contributed by atoms with Crippen molar-refractivity contribution in [1.29, 1.82) is 0 Å². The quantitative estimate of drug-likeness (QED) is 0.518. The van der Waals surface area contributed by atoms with Crippen LogP contribution in [-0.4, -0.2) is 73.0 Å². The van der Waals surface area contributed by atoms with E-state index in [1.807, 2.05) is 4.90 Å². The Bertz CT molecular complexity index is 724. The fourth-order valence-electron chi connectivity index (χ4n) is 3.86. The van der Waals surface area contributed by atoms with Crippen LogP contribution in [0.5, 0.6) is 0 Å². The van der Waals surface area contributed by atoms with Crippen LogP contribution < -0.4 is 10.6 Å². The summed E-state index contributed by atoms with van der Waals surface area (Å²) >= 11 is 0.970. The van der Waals surface area contributed by atoms with Crippen molar-refractivity contribution in [2.45, 2.75) is 38.4 Å². The van der Waals surface area contributed by atoms with Crippen LogP contribution in [0.3, 0.4) is 0 Å². The van der Waals surface area contributed by atoms with Crippen molar-refractivity contribution in [2.75, 3.05) is 46.3 Å². The van der Waals surface area contributed by atoms with Gasteiger partial charge in [0.05, 0.1) is 6.54 Å². The summed E-state index contributed by atoms with van der Waals surface area (Å²) in [5.74, 6) is 1.08. The molecule has 0 aromatic carbocycles. The highest BCUT2D eigenvalue weighted by Crippen LogP contribution is 2.30. The number of aromatic nitrogens is 1. The Kier molecular flexibility index (Phi) is 7.93. The van der Waals surface area contributed by atoms with E-state index in [0.717, 1.165) is 62.3 Å². The average molecular weight is 447 g/mol. The van der Waals surface area contributed by atoms with Crippen LogP contribution in [0.25, 0.3) is 0 Å². The smallest absolute Gasteiger partial charge is 0.355 e. The molecule has 168 valence electrons. The number of nitrogens with zero attached hydrogens (tertiary/aromatic N) is 4. The second-order valence-corrected chi connectivity index (χ2v) is 8.57. The normalized spacial score (nSPS) is 19.3. The molecule has 3 rings (SSSR count). The number of halogens is 3. The minimum atomic E-state index is -4.42. The van der Waals surface area contributed by atoms with E-state index >= 15 is 0 Å². The zero-order valence-electron chi connectivity index (χ0n) is 17.2. The molecule has 0 radical (unpaired) electrons. The van der Waals surface area contributed by atoms with Crippen molar-refractivity contribution in [1.82, 2.24) is 25.4 Å². The van der Waals surface area contributed by atoms with Gasteiger partial charge in [-0.05, 0) is 12.8 Å². The molecule has 0 spiro atoms. The lowest BCUT2D eigenvalue weighted by molar-refractivity contribution is -0.140. The van der Waals surface area contributed by atoms with Gasteiger partial charge in [-0.15, -0.1) is 11.3 Å². The third-order valence-corrected chi connectivity index (χ3v) is 6.43. The minimum Gasteiger partial charge on any atom is -0.355 e. The zero-order chi connectivity index (χ0) is 21.6. The Morgan fingerprint density at radius 3 is 2.53 bits per heavy atom. The first kappa shape index (κ1) is 22.8. The van der Waals surface area contributed by atoms with E-state index in [1.54, 1.807) is 7.05 Å². The monoisotopic (exact) mass is 446 g/mol. The summed E-state index contributed by atoms with van der Waals surface area (Å²) < 4.78 is 37.9. The molecule has 2 N–H and O–H groups in total. The molecule has 7 nitrogen and oxygen atoms in total. The van der Waals surface area contributed by atoms with Gasteiger partial charge in [-0.2, -0.15) is 13.2 Å². The zero-order valence-corrected chi connectivity index (χ0v) is 18.0. The second kappa shape index (κ2) is 10.4. The Hall–Kier alpha value is -1.88. The molecule has 30 heavy (non-hydrogen) atoms. The molecule has 1 aliphatic carbocycles. The van der Waals surface area contributed by atoms with E-state index in [9.17, 15) is 18.0 Å². The molecule has 11 heteroatoms. The standard InChI is InChI=1S/C19H29F3N6OS/c1-23-18(25-12-16-26-15(13-30-16)19(20,21)22)24-6-7-27-8-10-28(11-9-27)17(29)14-4-2-3-5-14/h13-14H,2-12H2,1H3,(H2,23,24,25). The summed E-state index contributed by atoms with van der Waals surface area (Å²) in [5, 5.41) is 7.54. The van der Waals surface area contributed by atoms with Crippen LogP contribution in [0.1, 0.15) is 36.4 Å². The van der Waals surface area contributed by atoms with Crippen LogP contribution in [0.15, 0.2) is 10.4 Å².